The van der Waals surface area contributed by atoms with Gasteiger partial charge in [0.1, 0.15) is 0 Å². The van der Waals surface area contributed by atoms with E-state index in [2.05, 4.69) is 301 Å². The van der Waals surface area contributed by atoms with Crippen molar-refractivity contribution < 1.29 is 0 Å². The van der Waals surface area contributed by atoms with Crippen molar-refractivity contribution in [3.8, 4) is 66.8 Å². The number of hydrogen-bond donors (Lipinski definition) is 0. The summed E-state index contributed by atoms with van der Waals surface area (Å²) in [5.74, 6) is 0. The minimum Gasteiger partial charge on any atom is -0.310 e. The molecule has 0 radical (unpaired) electrons. The van der Waals surface area contributed by atoms with Crippen molar-refractivity contribution in [2.24, 2.45) is 0 Å². The predicted octanol–water partition coefficient (Wildman–Crippen LogP) is 18.6. The van der Waals surface area contributed by atoms with Gasteiger partial charge in [-0.3, -0.25) is 0 Å². The quantitative estimate of drug-likeness (QED) is 0.121. The van der Waals surface area contributed by atoms with E-state index in [9.17, 15) is 0 Å². The summed E-state index contributed by atoms with van der Waals surface area (Å²) < 4.78 is 0. The van der Waals surface area contributed by atoms with Crippen molar-refractivity contribution in [2.75, 3.05) is 9.80 Å². The summed E-state index contributed by atoms with van der Waals surface area (Å²) in [4.78, 5) is 4.79. The molecule has 0 aromatic heterocycles. The minimum absolute atomic E-state index is 1.04. The maximum absolute atomic E-state index is 2.39. The second-order valence-corrected chi connectivity index (χ2v) is 17.0. The van der Waals surface area contributed by atoms with Crippen LogP contribution >= 0.6 is 0 Å². The van der Waals surface area contributed by atoms with Gasteiger partial charge in [-0.2, -0.15) is 0 Å². The molecule has 0 bridgehead atoms. The van der Waals surface area contributed by atoms with E-state index in [1.807, 2.05) is 0 Å². The summed E-state index contributed by atoms with van der Waals surface area (Å²) in [6.45, 7) is 0. The standard InChI is InChI=1S/C66H48N2/c1-6-16-49(17-7-1)54-26-28-59(29-27-54)60-46-65(67(61-38-30-55(31-39-61)50-18-8-2-9-19-50)62-40-32-56(33-41-62)51-20-10-3-11-21-51)48-66(47-60)68(63-42-34-57(35-43-63)52-22-12-4-13-23-52)64-44-36-58(37-45-64)53-24-14-5-15-25-53/h1-48H. The number of anilines is 6. The lowest BCUT2D eigenvalue weighted by Crippen LogP contribution is -2.13. The van der Waals surface area contributed by atoms with Crippen molar-refractivity contribution in [1.82, 2.24) is 0 Å². The van der Waals surface area contributed by atoms with Crippen LogP contribution in [0.5, 0.6) is 0 Å². The van der Waals surface area contributed by atoms with Crippen LogP contribution in [-0.4, -0.2) is 0 Å². The first kappa shape index (κ1) is 41.7. The molecule has 11 aromatic rings. The lowest BCUT2D eigenvalue weighted by atomic mass is 9.98. The van der Waals surface area contributed by atoms with Crippen LogP contribution in [0.25, 0.3) is 66.8 Å². The fraction of sp³-hybridized carbons (Fsp3) is 0. The number of rotatable bonds is 12. The van der Waals surface area contributed by atoms with E-state index in [0.29, 0.717) is 0 Å². The van der Waals surface area contributed by atoms with Crippen LogP contribution in [0.15, 0.2) is 291 Å². The Balaban J connectivity index is 1.10. The lowest BCUT2D eigenvalue weighted by Gasteiger charge is -2.31. The maximum atomic E-state index is 2.39. The largest absolute Gasteiger partial charge is 0.310 e. The SMILES string of the molecule is c1ccc(-c2ccc(-c3cc(N(c4ccc(-c5ccccc5)cc4)c4ccc(-c5ccccc5)cc4)cc(N(c4ccc(-c5ccccc5)cc4)c4ccc(-c5ccccc5)cc4)c3)cc2)cc1. The van der Waals surface area contributed by atoms with Crippen LogP contribution in [-0.2, 0) is 0 Å². The van der Waals surface area contributed by atoms with Crippen molar-refractivity contribution in [3.05, 3.63) is 291 Å². The third-order valence-electron chi connectivity index (χ3n) is 12.7. The molecule has 0 aliphatic rings. The topological polar surface area (TPSA) is 6.48 Å². The Hall–Kier alpha value is -8.98. The van der Waals surface area contributed by atoms with Crippen molar-refractivity contribution >= 4 is 34.1 Å². The Morgan fingerprint density at radius 3 is 0.529 bits per heavy atom. The van der Waals surface area contributed by atoms with E-state index in [1.165, 1.54) is 55.6 Å². The summed E-state index contributed by atoms with van der Waals surface area (Å²) in [5.41, 5.74) is 20.4. The first-order chi connectivity index (χ1) is 33.7. The van der Waals surface area contributed by atoms with Crippen molar-refractivity contribution in [2.45, 2.75) is 0 Å². The first-order valence-corrected chi connectivity index (χ1v) is 23.2. The molecule has 11 rings (SSSR count). The summed E-state index contributed by atoms with van der Waals surface area (Å²) in [7, 11) is 0. The molecule has 11 aromatic carbocycles. The second-order valence-electron chi connectivity index (χ2n) is 17.0. The van der Waals surface area contributed by atoms with Crippen molar-refractivity contribution in [3.63, 3.8) is 0 Å². The third-order valence-corrected chi connectivity index (χ3v) is 12.7. The minimum atomic E-state index is 1.04. The zero-order valence-electron chi connectivity index (χ0n) is 37.6. The van der Waals surface area contributed by atoms with Crippen LogP contribution in [0.4, 0.5) is 34.1 Å². The third kappa shape index (κ3) is 9.00. The molecule has 0 spiro atoms. The van der Waals surface area contributed by atoms with Gasteiger partial charge in [0.2, 0.25) is 0 Å². The molecule has 2 nitrogen and oxygen atoms in total. The van der Waals surface area contributed by atoms with Gasteiger partial charge in [0.05, 0.1) is 0 Å². The Morgan fingerprint density at radius 1 is 0.132 bits per heavy atom. The van der Waals surface area contributed by atoms with Gasteiger partial charge >= 0.3 is 0 Å². The maximum Gasteiger partial charge on any atom is 0.0488 e. The zero-order valence-corrected chi connectivity index (χ0v) is 37.6. The van der Waals surface area contributed by atoms with Gasteiger partial charge in [-0.1, -0.05) is 224 Å². The fourth-order valence-electron chi connectivity index (χ4n) is 9.13. The Morgan fingerprint density at radius 2 is 0.309 bits per heavy atom. The molecule has 322 valence electrons. The average Bonchev–Trinajstić information content (AvgIpc) is 3.43. The first-order valence-electron chi connectivity index (χ1n) is 23.2. The van der Waals surface area contributed by atoms with Crippen LogP contribution < -0.4 is 9.80 Å². The van der Waals surface area contributed by atoms with Gasteiger partial charge in [-0.15, -0.1) is 0 Å². The number of nitrogens with zero attached hydrogens (tertiary/aromatic N) is 2. The van der Waals surface area contributed by atoms with Crippen LogP contribution in [0.3, 0.4) is 0 Å². The zero-order chi connectivity index (χ0) is 45.5. The molecule has 68 heavy (non-hydrogen) atoms. The summed E-state index contributed by atoms with van der Waals surface area (Å²) in [6.07, 6.45) is 0. The average molecular weight is 869 g/mol. The highest BCUT2D eigenvalue weighted by Crippen LogP contribution is 2.45. The van der Waals surface area contributed by atoms with Crippen LogP contribution in [0.1, 0.15) is 0 Å². The summed E-state index contributed by atoms with van der Waals surface area (Å²) >= 11 is 0. The molecule has 0 N–H and O–H groups in total. The molecule has 0 fully saturated rings. The molecule has 0 heterocycles. The summed E-state index contributed by atoms with van der Waals surface area (Å²) in [6, 6.07) is 105. The van der Waals surface area contributed by atoms with Gasteiger partial charge in [0, 0.05) is 34.1 Å². The van der Waals surface area contributed by atoms with E-state index < -0.39 is 0 Å². The highest BCUT2D eigenvalue weighted by atomic mass is 15.2. The van der Waals surface area contributed by atoms with E-state index in [1.54, 1.807) is 0 Å². The smallest absolute Gasteiger partial charge is 0.0488 e. The number of hydrogen-bond acceptors (Lipinski definition) is 2. The molecular formula is C66H48N2. The molecule has 0 saturated heterocycles. The van der Waals surface area contributed by atoms with Crippen LogP contribution in [0, 0.1) is 0 Å². The second kappa shape index (κ2) is 19.2. The van der Waals surface area contributed by atoms with Gasteiger partial charge in [-0.05, 0) is 133 Å². The molecule has 0 aliphatic heterocycles. The Labute approximate surface area is 400 Å². The predicted molar refractivity (Wildman–Crippen MR) is 288 cm³/mol. The molecule has 0 atom stereocenters. The number of benzene rings is 11. The van der Waals surface area contributed by atoms with Gasteiger partial charge in [0.25, 0.3) is 0 Å². The van der Waals surface area contributed by atoms with Gasteiger partial charge < -0.3 is 9.80 Å². The monoisotopic (exact) mass is 868 g/mol. The highest BCUT2D eigenvalue weighted by Gasteiger charge is 2.21. The highest BCUT2D eigenvalue weighted by molar-refractivity contribution is 5.89. The van der Waals surface area contributed by atoms with Gasteiger partial charge in [0.15, 0.2) is 0 Å². The van der Waals surface area contributed by atoms with E-state index >= 15 is 0 Å². The van der Waals surface area contributed by atoms with E-state index in [4.69, 9.17) is 0 Å². The molecule has 0 unspecified atom stereocenters. The Bertz CT molecular complexity index is 3000. The fourth-order valence-corrected chi connectivity index (χ4v) is 9.13. The molecule has 0 aliphatic carbocycles. The van der Waals surface area contributed by atoms with Crippen molar-refractivity contribution in [1.29, 1.82) is 0 Å². The Kier molecular flexibility index (Phi) is 11.8. The molecule has 0 amide bonds. The van der Waals surface area contributed by atoms with Crippen LogP contribution in [0.2, 0.25) is 0 Å². The molecule has 2 heteroatoms. The lowest BCUT2D eigenvalue weighted by molar-refractivity contribution is 1.25. The summed E-state index contributed by atoms with van der Waals surface area (Å²) in [5, 5.41) is 0. The van der Waals surface area contributed by atoms with E-state index in [0.717, 1.165) is 45.3 Å². The normalized spacial score (nSPS) is 10.9. The molecule has 0 saturated carbocycles. The molecular weight excluding hydrogens is 821 g/mol. The van der Waals surface area contributed by atoms with E-state index in [-0.39, 0.29) is 0 Å². The van der Waals surface area contributed by atoms with Gasteiger partial charge in [-0.25, -0.2) is 0 Å².